The second kappa shape index (κ2) is 9.27. The van der Waals surface area contributed by atoms with Crippen LogP contribution in [0.15, 0.2) is 41.0 Å². The van der Waals surface area contributed by atoms with Gasteiger partial charge in [-0.25, -0.2) is 0 Å². The molecule has 1 aromatic carbocycles. The lowest BCUT2D eigenvalue weighted by molar-refractivity contribution is 0.0944. The smallest absolute Gasteiger partial charge is 0.268 e. The van der Waals surface area contributed by atoms with Crippen LogP contribution in [0.1, 0.15) is 60.8 Å². The van der Waals surface area contributed by atoms with E-state index in [0.29, 0.717) is 18.8 Å². The highest BCUT2D eigenvalue weighted by Gasteiger charge is 2.18. The second-order valence-corrected chi connectivity index (χ2v) is 6.33. The maximum Gasteiger partial charge on any atom is 0.268 e. The molecule has 140 valence electrons. The molecule has 3 aromatic rings. The van der Waals surface area contributed by atoms with E-state index in [-0.39, 0.29) is 5.91 Å². The topological polar surface area (TPSA) is 47.2 Å². The summed E-state index contributed by atoms with van der Waals surface area (Å²) in [7, 11) is 0. The van der Waals surface area contributed by atoms with Crippen molar-refractivity contribution in [1.82, 2.24) is 9.88 Å². The van der Waals surface area contributed by atoms with Crippen LogP contribution in [0.3, 0.4) is 0 Å². The summed E-state index contributed by atoms with van der Waals surface area (Å²) in [5.41, 5.74) is 6.03. The standard InChI is InChI=1S/C20H24N2O2.C2H6/c1-4-5-9-21-20(23)18-12-19-17(8-10-24-19)22(18)13-16-11-14(2)6-7-15(16)3;1-2/h6-8,10-12H,4-5,9,13H2,1-3H3,(H,21,23);1-2H3. The Balaban J connectivity index is 0.00000117. The molecule has 0 saturated carbocycles. The fraction of sp³-hybridized carbons (Fsp3) is 0.409. The average Bonchev–Trinajstić information content (AvgIpc) is 3.22. The van der Waals surface area contributed by atoms with Crippen LogP contribution in [0.2, 0.25) is 0 Å². The highest BCUT2D eigenvalue weighted by Crippen LogP contribution is 2.24. The number of aryl methyl sites for hydroxylation is 2. The van der Waals surface area contributed by atoms with Crippen molar-refractivity contribution >= 4 is 17.0 Å². The van der Waals surface area contributed by atoms with Crippen LogP contribution in [0, 0.1) is 13.8 Å². The summed E-state index contributed by atoms with van der Waals surface area (Å²) in [4.78, 5) is 12.6. The summed E-state index contributed by atoms with van der Waals surface area (Å²) < 4.78 is 7.55. The van der Waals surface area contributed by atoms with Crippen LogP contribution >= 0.6 is 0 Å². The third-order valence-electron chi connectivity index (χ3n) is 4.40. The minimum Gasteiger partial charge on any atom is -0.463 e. The number of unbranched alkanes of at least 4 members (excludes halogenated alkanes) is 1. The van der Waals surface area contributed by atoms with Crippen LogP contribution in [0.25, 0.3) is 11.1 Å². The molecule has 0 atom stereocenters. The molecule has 4 nitrogen and oxygen atoms in total. The van der Waals surface area contributed by atoms with Crippen LogP contribution in [-0.4, -0.2) is 17.0 Å². The van der Waals surface area contributed by atoms with Gasteiger partial charge in [0.1, 0.15) is 5.69 Å². The van der Waals surface area contributed by atoms with E-state index in [1.165, 1.54) is 16.7 Å². The molecule has 26 heavy (non-hydrogen) atoms. The third-order valence-corrected chi connectivity index (χ3v) is 4.40. The van der Waals surface area contributed by atoms with Gasteiger partial charge in [-0.15, -0.1) is 0 Å². The lowest BCUT2D eigenvalue weighted by Crippen LogP contribution is -2.27. The summed E-state index contributed by atoms with van der Waals surface area (Å²) in [6, 6.07) is 10.2. The Morgan fingerprint density at radius 1 is 1.15 bits per heavy atom. The quantitative estimate of drug-likeness (QED) is 0.598. The SMILES string of the molecule is CC.CCCCNC(=O)c1cc2occc2n1Cc1cc(C)ccc1C. The number of carbonyl (C=O) groups excluding carboxylic acids is 1. The van der Waals surface area contributed by atoms with E-state index in [1.54, 1.807) is 6.26 Å². The zero-order chi connectivity index (χ0) is 19.1. The fourth-order valence-corrected chi connectivity index (χ4v) is 2.95. The number of carbonyl (C=O) groups is 1. The molecule has 0 bridgehead atoms. The van der Waals surface area contributed by atoms with Crippen LogP contribution < -0.4 is 5.32 Å². The van der Waals surface area contributed by atoms with Gasteiger partial charge < -0.3 is 14.3 Å². The predicted octanol–water partition coefficient (Wildman–Crippen LogP) is 5.46. The zero-order valence-electron chi connectivity index (χ0n) is 16.6. The number of rotatable bonds is 6. The Kier molecular flexibility index (Phi) is 7.07. The Morgan fingerprint density at radius 2 is 1.92 bits per heavy atom. The Labute approximate surface area is 156 Å². The molecule has 1 amide bonds. The van der Waals surface area contributed by atoms with E-state index in [2.05, 4.69) is 44.3 Å². The first-order valence-corrected chi connectivity index (χ1v) is 9.51. The number of amides is 1. The van der Waals surface area contributed by atoms with Crippen molar-refractivity contribution in [3.63, 3.8) is 0 Å². The molecule has 0 unspecified atom stereocenters. The molecule has 3 rings (SSSR count). The maximum atomic E-state index is 12.6. The number of fused-ring (bicyclic) bond motifs is 1. The van der Waals surface area contributed by atoms with Gasteiger partial charge in [-0.1, -0.05) is 51.0 Å². The monoisotopic (exact) mass is 354 g/mol. The van der Waals surface area contributed by atoms with E-state index in [0.717, 1.165) is 23.9 Å². The Morgan fingerprint density at radius 3 is 2.65 bits per heavy atom. The third kappa shape index (κ3) is 4.37. The number of hydrogen-bond donors (Lipinski definition) is 1. The van der Waals surface area contributed by atoms with E-state index in [4.69, 9.17) is 4.42 Å². The van der Waals surface area contributed by atoms with Crippen molar-refractivity contribution < 1.29 is 9.21 Å². The highest BCUT2D eigenvalue weighted by molar-refractivity contribution is 5.97. The number of nitrogens with zero attached hydrogens (tertiary/aromatic N) is 1. The molecule has 0 aliphatic heterocycles. The first-order valence-electron chi connectivity index (χ1n) is 9.51. The molecule has 0 spiro atoms. The second-order valence-electron chi connectivity index (χ2n) is 6.33. The molecule has 2 heterocycles. The number of furan rings is 1. The molecule has 1 N–H and O–H groups in total. The Bertz CT molecular complexity index is 858. The molecule has 4 heteroatoms. The van der Waals surface area contributed by atoms with Gasteiger partial charge in [-0.05, 0) is 31.4 Å². The number of hydrogen-bond acceptors (Lipinski definition) is 2. The van der Waals surface area contributed by atoms with Crippen LogP contribution in [0.4, 0.5) is 0 Å². The molecular formula is C22H30N2O2. The van der Waals surface area contributed by atoms with Gasteiger partial charge in [0.2, 0.25) is 0 Å². The summed E-state index contributed by atoms with van der Waals surface area (Å²) >= 11 is 0. The molecule has 0 saturated heterocycles. The van der Waals surface area contributed by atoms with Crippen molar-refractivity contribution in [3.05, 3.63) is 59.0 Å². The minimum absolute atomic E-state index is 0.0415. The van der Waals surface area contributed by atoms with Crippen LogP contribution in [0.5, 0.6) is 0 Å². The normalized spacial score (nSPS) is 10.5. The molecule has 2 aromatic heterocycles. The average molecular weight is 354 g/mol. The Hall–Kier alpha value is -2.49. The number of benzene rings is 1. The summed E-state index contributed by atoms with van der Waals surface area (Å²) in [5, 5.41) is 3.00. The van der Waals surface area contributed by atoms with E-state index in [1.807, 2.05) is 30.5 Å². The summed E-state index contributed by atoms with van der Waals surface area (Å²) in [6.45, 7) is 11.7. The van der Waals surface area contributed by atoms with E-state index in [9.17, 15) is 4.79 Å². The van der Waals surface area contributed by atoms with E-state index < -0.39 is 0 Å². The molecule has 0 aliphatic carbocycles. The first-order chi connectivity index (χ1) is 12.6. The molecule has 0 fully saturated rings. The number of aromatic nitrogens is 1. The summed E-state index contributed by atoms with van der Waals surface area (Å²) in [5.74, 6) is -0.0415. The zero-order valence-corrected chi connectivity index (χ0v) is 16.6. The van der Waals surface area contributed by atoms with Crippen molar-refractivity contribution in [2.24, 2.45) is 0 Å². The minimum atomic E-state index is -0.0415. The van der Waals surface area contributed by atoms with Crippen molar-refractivity contribution in [3.8, 4) is 0 Å². The van der Waals surface area contributed by atoms with Gasteiger partial charge in [0, 0.05) is 25.2 Å². The van der Waals surface area contributed by atoms with Crippen molar-refractivity contribution in [2.75, 3.05) is 6.54 Å². The maximum absolute atomic E-state index is 12.6. The lowest BCUT2D eigenvalue weighted by atomic mass is 10.1. The summed E-state index contributed by atoms with van der Waals surface area (Å²) in [6.07, 6.45) is 3.72. The van der Waals surface area contributed by atoms with Crippen molar-refractivity contribution in [2.45, 2.75) is 54.0 Å². The predicted molar refractivity (Wildman–Crippen MR) is 108 cm³/mol. The van der Waals surface area contributed by atoms with Gasteiger partial charge in [0.05, 0.1) is 11.8 Å². The molecular weight excluding hydrogens is 324 g/mol. The van der Waals surface area contributed by atoms with Crippen LogP contribution in [-0.2, 0) is 6.54 Å². The van der Waals surface area contributed by atoms with E-state index >= 15 is 0 Å². The molecule has 0 radical (unpaired) electrons. The van der Waals surface area contributed by atoms with Gasteiger partial charge in [-0.2, -0.15) is 0 Å². The van der Waals surface area contributed by atoms with Gasteiger partial charge in [0.15, 0.2) is 5.58 Å². The van der Waals surface area contributed by atoms with Gasteiger partial charge >= 0.3 is 0 Å². The highest BCUT2D eigenvalue weighted by atomic mass is 16.3. The van der Waals surface area contributed by atoms with Gasteiger partial charge in [-0.3, -0.25) is 4.79 Å². The first kappa shape index (κ1) is 19.8. The number of nitrogens with one attached hydrogen (secondary N) is 1. The van der Waals surface area contributed by atoms with Gasteiger partial charge in [0.25, 0.3) is 5.91 Å². The largest absolute Gasteiger partial charge is 0.463 e. The van der Waals surface area contributed by atoms with Crippen molar-refractivity contribution in [1.29, 1.82) is 0 Å². The fourth-order valence-electron chi connectivity index (χ4n) is 2.95. The lowest BCUT2D eigenvalue weighted by Gasteiger charge is -2.13. The molecule has 0 aliphatic rings.